The van der Waals surface area contributed by atoms with Crippen molar-refractivity contribution >= 4 is 11.6 Å². The second-order valence-electron chi connectivity index (χ2n) is 4.94. The van der Waals surface area contributed by atoms with Crippen LogP contribution in [0, 0.1) is 5.82 Å². The molecule has 0 aliphatic carbocycles. The molecule has 7 heteroatoms. The molecule has 6 nitrogen and oxygen atoms in total. The van der Waals surface area contributed by atoms with E-state index >= 15 is 0 Å². The van der Waals surface area contributed by atoms with Crippen molar-refractivity contribution < 1.29 is 18.4 Å². The van der Waals surface area contributed by atoms with E-state index in [1.165, 1.54) is 24.3 Å². The lowest BCUT2D eigenvalue weighted by Crippen LogP contribution is -2.15. The molecule has 0 fully saturated rings. The summed E-state index contributed by atoms with van der Waals surface area (Å²) in [5, 5.41) is 6.47. The number of para-hydroxylation sites is 1. The molecule has 0 spiro atoms. The average molecular weight is 327 g/mol. The number of anilines is 1. The first kappa shape index (κ1) is 15.7. The number of carbonyl (C=O) groups is 1. The topological polar surface area (TPSA) is 77.2 Å². The minimum absolute atomic E-state index is 0.00502. The number of benzene rings is 2. The maximum absolute atomic E-state index is 12.8. The number of aromatic nitrogens is 2. The second kappa shape index (κ2) is 7.36. The fraction of sp³-hybridized carbons (Fsp3) is 0.118. The Morgan fingerprint density at radius 3 is 2.62 bits per heavy atom. The highest BCUT2D eigenvalue weighted by atomic mass is 19.1. The number of amides is 1. The first-order valence-corrected chi connectivity index (χ1v) is 7.24. The molecule has 0 bridgehead atoms. The highest BCUT2D eigenvalue weighted by Gasteiger charge is 2.11. The van der Waals surface area contributed by atoms with E-state index in [2.05, 4.69) is 15.5 Å². The molecule has 0 unspecified atom stereocenters. The van der Waals surface area contributed by atoms with Crippen LogP contribution in [0.2, 0.25) is 0 Å². The molecule has 1 N–H and O–H groups in total. The second-order valence-corrected chi connectivity index (χ2v) is 4.94. The molecule has 2 aromatic carbocycles. The molecular weight excluding hydrogens is 313 g/mol. The highest BCUT2D eigenvalue weighted by Crippen LogP contribution is 2.13. The summed E-state index contributed by atoms with van der Waals surface area (Å²) in [6, 6.07) is 14.7. The van der Waals surface area contributed by atoms with Gasteiger partial charge in [0.05, 0.1) is 6.42 Å². The van der Waals surface area contributed by atoms with Gasteiger partial charge in [0, 0.05) is 5.69 Å². The van der Waals surface area contributed by atoms with Crippen LogP contribution in [0.1, 0.15) is 11.7 Å². The molecule has 0 saturated carbocycles. The lowest BCUT2D eigenvalue weighted by Gasteiger charge is -2.02. The zero-order valence-electron chi connectivity index (χ0n) is 12.6. The van der Waals surface area contributed by atoms with Gasteiger partial charge in [-0.1, -0.05) is 23.4 Å². The summed E-state index contributed by atoms with van der Waals surface area (Å²) in [6.07, 6.45) is -0.00502. The van der Waals surface area contributed by atoms with Crippen molar-refractivity contribution in [2.75, 3.05) is 5.32 Å². The predicted molar refractivity (Wildman–Crippen MR) is 83.8 cm³/mol. The van der Waals surface area contributed by atoms with Crippen LogP contribution in [-0.2, 0) is 17.8 Å². The van der Waals surface area contributed by atoms with Crippen LogP contribution in [-0.4, -0.2) is 16.0 Å². The third-order valence-corrected chi connectivity index (χ3v) is 3.06. The Morgan fingerprint density at radius 1 is 1.12 bits per heavy atom. The van der Waals surface area contributed by atoms with Crippen molar-refractivity contribution in [3.05, 3.63) is 72.1 Å². The Labute approximate surface area is 137 Å². The van der Waals surface area contributed by atoms with E-state index in [9.17, 15) is 9.18 Å². The van der Waals surface area contributed by atoms with Crippen LogP contribution in [0.5, 0.6) is 5.75 Å². The third kappa shape index (κ3) is 4.39. The van der Waals surface area contributed by atoms with Crippen molar-refractivity contribution in [1.82, 2.24) is 10.1 Å². The molecular formula is C17H14FN3O3. The molecule has 122 valence electrons. The number of ether oxygens (including phenoxy) is 1. The quantitative estimate of drug-likeness (QED) is 0.753. The van der Waals surface area contributed by atoms with Gasteiger partial charge in [-0.15, -0.1) is 0 Å². The number of rotatable bonds is 6. The number of nitrogens with zero attached hydrogens (tertiary/aromatic N) is 2. The van der Waals surface area contributed by atoms with Gasteiger partial charge >= 0.3 is 0 Å². The van der Waals surface area contributed by atoms with E-state index in [0.29, 0.717) is 11.4 Å². The summed E-state index contributed by atoms with van der Waals surface area (Å²) in [7, 11) is 0. The van der Waals surface area contributed by atoms with Crippen molar-refractivity contribution in [2.24, 2.45) is 0 Å². The Kier molecular flexibility index (Phi) is 4.81. The Morgan fingerprint density at radius 2 is 1.88 bits per heavy atom. The first-order valence-electron chi connectivity index (χ1n) is 7.24. The summed E-state index contributed by atoms with van der Waals surface area (Å²) in [4.78, 5) is 16.0. The van der Waals surface area contributed by atoms with Crippen LogP contribution in [0.3, 0.4) is 0 Å². The van der Waals surface area contributed by atoms with Gasteiger partial charge in [-0.25, -0.2) is 4.39 Å². The van der Waals surface area contributed by atoms with Gasteiger partial charge in [0.15, 0.2) is 12.4 Å². The molecule has 1 aromatic heterocycles. The molecule has 1 heterocycles. The van der Waals surface area contributed by atoms with E-state index in [-0.39, 0.29) is 36.5 Å². The molecule has 0 saturated heterocycles. The molecule has 0 aliphatic rings. The van der Waals surface area contributed by atoms with Crippen LogP contribution >= 0.6 is 0 Å². The lowest BCUT2D eigenvalue weighted by atomic mass is 10.3. The van der Waals surface area contributed by atoms with Gasteiger partial charge in [-0.2, -0.15) is 4.98 Å². The molecule has 0 aliphatic heterocycles. The summed E-state index contributed by atoms with van der Waals surface area (Å²) in [5.41, 5.74) is 0.700. The highest BCUT2D eigenvalue weighted by molar-refractivity contribution is 5.91. The molecule has 0 radical (unpaired) electrons. The fourth-order valence-electron chi connectivity index (χ4n) is 1.97. The zero-order valence-corrected chi connectivity index (χ0v) is 12.6. The van der Waals surface area contributed by atoms with E-state index in [4.69, 9.17) is 9.26 Å². The van der Waals surface area contributed by atoms with Gasteiger partial charge in [0.25, 0.3) is 5.89 Å². The number of carbonyl (C=O) groups excluding carboxylic acids is 1. The fourth-order valence-corrected chi connectivity index (χ4v) is 1.97. The molecule has 1 amide bonds. The maximum atomic E-state index is 12.8. The largest absolute Gasteiger partial charge is 0.484 e. The number of hydrogen-bond donors (Lipinski definition) is 1. The van der Waals surface area contributed by atoms with Crippen LogP contribution in [0.25, 0.3) is 0 Å². The zero-order chi connectivity index (χ0) is 16.8. The van der Waals surface area contributed by atoms with Gasteiger partial charge < -0.3 is 14.6 Å². The minimum atomic E-state index is -0.341. The maximum Gasteiger partial charge on any atom is 0.264 e. The van der Waals surface area contributed by atoms with Crippen LogP contribution in [0.15, 0.2) is 59.1 Å². The Balaban J connectivity index is 1.51. The minimum Gasteiger partial charge on any atom is -0.484 e. The van der Waals surface area contributed by atoms with Crippen LogP contribution in [0.4, 0.5) is 10.1 Å². The number of hydrogen-bond acceptors (Lipinski definition) is 5. The van der Waals surface area contributed by atoms with Crippen molar-refractivity contribution in [2.45, 2.75) is 13.0 Å². The molecule has 3 aromatic rings. The summed E-state index contributed by atoms with van der Waals surface area (Å²) in [6.45, 7) is 0.0406. The first-order chi connectivity index (χ1) is 11.7. The van der Waals surface area contributed by atoms with E-state index in [1.807, 2.05) is 18.2 Å². The Hall–Kier alpha value is -3.22. The average Bonchev–Trinajstić information content (AvgIpc) is 3.02. The van der Waals surface area contributed by atoms with E-state index in [0.717, 1.165) is 0 Å². The van der Waals surface area contributed by atoms with E-state index < -0.39 is 0 Å². The SMILES string of the molecule is O=C(Cc1noc(COc2ccc(F)cc2)n1)Nc1ccccc1. The normalized spacial score (nSPS) is 10.4. The third-order valence-electron chi connectivity index (χ3n) is 3.06. The van der Waals surface area contributed by atoms with Gasteiger partial charge in [-0.3, -0.25) is 4.79 Å². The number of halogens is 1. The van der Waals surface area contributed by atoms with Gasteiger partial charge in [0.2, 0.25) is 5.91 Å². The Bertz CT molecular complexity index is 803. The smallest absolute Gasteiger partial charge is 0.264 e. The lowest BCUT2D eigenvalue weighted by molar-refractivity contribution is -0.115. The molecule has 3 rings (SSSR count). The summed E-state index contributed by atoms with van der Waals surface area (Å²) < 4.78 is 23.2. The van der Waals surface area contributed by atoms with Crippen molar-refractivity contribution in [3.63, 3.8) is 0 Å². The molecule has 0 atom stereocenters. The van der Waals surface area contributed by atoms with E-state index in [1.54, 1.807) is 12.1 Å². The predicted octanol–water partition coefficient (Wildman–Crippen LogP) is 2.97. The standard InChI is InChI=1S/C17H14FN3O3/c18-12-6-8-14(9-7-12)23-11-17-20-15(21-24-17)10-16(22)19-13-4-2-1-3-5-13/h1-9H,10-11H2,(H,19,22). The van der Waals surface area contributed by atoms with Crippen molar-refractivity contribution in [3.8, 4) is 5.75 Å². The van der Waals surface area contributed by atoms with Crippen LogP contribution < -0.4 is 10.1 Å². The van der Waals surface area contributed by atoms with Gasteiger partial charge in [0.1, 0.15) is 11.6 Å². The summed E-state index contributed by atoms with van der Waals surface area (Å²) >= 11 is 0. The van der Waals surface area contributed by atoms with Crippen molar-refractivity contribution in [1.29, 1.82) is 0 Å². The number of nitrogens with one attached hydrogen (secondary N) is 1. The van der Waals surface area contributed by atoms with Gasteiger partial charge in [-0.05, 0) is 36.4 Å². The summed E-state index contributed by atoms with van der Waals surface area (Å²) in [5.74, 6) is 0.404. The molecule has 24 heavy (non-hydrogen) atoms. The monoisotopic (exact) mass is 327 g/mol.